The second kappa shape index (κ2) is 4.92. The van der Waals surface area contributed by atoms with Crippen LogP contribution in [-0.4, -0.2) is 36.1 Å². The Labute approximate surface area is 95.4 Å². The van der Waals surface area contributed by atoms with Crippen molar-refractivity contribution >= 4 is 11.6 Å². The minimum absolute atomic E-state index is 0.580. The maximum atomic E-state index is 5.84. The Bertz CT molecular complexity index is 329. The van der Waals surface area contributed by atoms with Crippen molar-refractivity contribution in [1.82, 2.24) is 15.2 Å². The lowest BCUT2D eigenvalue weighted by molar-refractivity contribution is 0.318. The first-order valence-corrected chi connectivity index (χ1v) is 5.67. The van der Waals surface area contributed by atoms with E-state index in [1.165, 1.54) is 6.42 Å². The molecule has 2 heterocycles. The van der Waals surface area contributed by atoms with Crippen LogP contribution in [0.1, 0.15) is 12.1 Å². The van der Waals surface area contributed by atoms with Crippen LogP contribution in [0.5, 0.6) is 0 Å². The fraction of sp³-hybridized carbons (Fsp3) is 0.545. The van der Waals surface area contributed by atoms with Crippen LogP contribution in [0.4, 0.5) is 0 Å². The van der Waals surface area contributed by atoms with Crippen LogP contribution in [-0.2, 0) is 6.54 Å². The Kier molecular flexibility index (Phi) is 3.57. The van der Waals surface area contributed by atoms with Crippen LogP contribution in [0.2, 0.25) is 5.15 Å². The van der Waals surface area contributed by atoms with Gasteiger partial charge in [0.2, 0.25) is 0 Å². The van der Waals surface area contributed by atoms with Crippen LogP contribution >= 0.6 is 11.6 Å². The van der Waals surface area contributed by atoms with Gasteiger partial charge in [-0.25, -0.2) is 4.98 Å². The predicted octanol–water partition coefficient (Wildman–Crippen LogP) is 1.53. The van der Waals surface area contributed by atoms with E-state index in [9.17, 15) is 0 Å². The second-order valence-corrected chi connectivity index (χ2v) is 4.35. The van der Waals surface area contributed by atoms with Gasteiger partial charge in [-0.15, -0.1) is 0 Å². The molecule has 0 radical (unpaired) electrons. The number of nitrogens with one attached hydrogen (secondary N) is 1. The Morgan fingerprint density at radius 3 is 3.13 bits per heavy atom. The lowest BCUT2D eigenvalue weighted by Gasteiger charge is -2.15. The van der Waals surface area contributed by atoms with Crippen LogP contribution in [0.3, 0.4) is 0 Å². The van der Waals surface area contributed by atoms with Crippen molar-refractivity contribution in [3.05, 3.63) is 29.0 Å². The lowest BCUT2D eigenvalue weighted by atomic mass is 10.3. The van der Waals surface area contributed by atoms with E-state index < -0.39 is 0 Å². The van der Waals surface area contributed by atoms with E-state index in [0.717, 1.165) is 25.3 Å². The van der Waals surface area contributed by atoms with Crippen LogP contribution in [0, 0.1) is 0 Å². The third-order valence-corrected chi connectivity index (χ3v) is 3.05. The Hall–Kier alpha value is -0.640. The summed E-state index contributed by atoms with van der Waals surface area (Å²) >= 11 is 5.84. The molecule has 1 N–H and O–H groups in total. The third-order valence-electron chi connectivity index (χ3n) is 2.84. The van der Waals surface area contributed by atoms with Crippen molar-refractivity contribution in [3.8, 4) is 0 Å². The molecule has 1 aromatic rings. The highest BCUT2D eigenvalue weighted by atomic mass is 35.5. The normalized spacial score (nSPS) is 22.1. The summed E-state index contributed by atoms with van der Waals surface area (Å²) in [7, 11) is 2.02. The zero-order chi connectivity index (χ0) is 10.7. The Morgan fingerprint density at radius 1 is 1.60 bits per heavy atom. The van der Waals surface area contributed by atoms with Gasteiger partial charge in [0.15, 0.2) is 0 Å². The SMILES string of the molecule is CNC1CCN(Cc2cccc(Cl)n2)C1. The summed E-state index contributed by atoms with van der Waals surface area (Å²) in [6.07, 6.45) is 1.22. The zero-order valence-electron chi connectivity index (χ0n) is 8.91. The molecule has 1 aliphatic heterocycles. The number of aromatic nitrogens is 1. The topological polar surface area (TPSA) is 28.2 Å². The first-order valence-electron chi connectivity index (χ1n) is 5.29. The van der Waals surface area contributed by atoms with Crippen LogP contribution in [0.25, 0.3) is 0 Å². The molecule has 1 fully saturated rings. The molecular weight excluding hydrogens is 210 g/mol. The van der Waals surface area contributed by atoms with Gasteiger partial charge >= 0.3 is 0 Å². The fourth-order valence-corrected chi connectivity index (χ4v) is 2.16. The molecule has 1 atom stereocenters. The lowest BCUT2D eigenvalue weighted by Crippen LogP contribution is -2.29. The van der Waals surface area contributed by atoms with Crippen molar-refractivity contribution in [2.45, 2.75) is 19.0 Å². The molecule has 0 bridgehead atoms. The number of likely N-dealkylation sites (tertiary alicyclic amines) is 1. The molecule has 3 nitrogen and oxygen atoms in total. The van der Waals surface area contributed by atoms with Crippen molar-refractivity contribution < 1.29 is 0 Å². The molecule has 15 heavy (non-hydrogen) atoms. The Morgan fingerprint density at radius 2 is 2.47 bits per heavy atom. The van der Waals surface area contributed by atoms with Crippen molar-refractivity contribution in [1.29, 1.82) is 0 Å². The minimum Gasteiger partial charge on any atom is -0.316 e. The summed E-state index contributed by atoms with van der Waals surface area (Å²) < 4.78 is 0. The summed E-state index contributed by atoms with van der Waals surface area (Å²) in [6, 6.07) is 6.42. The molecule has 4 heteroatoms. The number of hydrogen-bond donors (Lipinski definition) is 1. The summed E-state index contributed by atoms with van der Waals surface area (Å²) in [4.78, 5) is 6.69. The van der Waals surface area contributed by atoms with Gasteiger partial charge in [-0.05, 0) is 25.6 Å². The quantitative estimate of drug-likeness (QED) is 0.791. The van der Waals surface area contributed by atoms with Gasteiger partial charge in [0, 0.05) is 25.7 Å². The first kappa shape index (κ1) is 10.9. The van der Waals surface area contributed by atoms with Crippen molar-refractivity contribution in [2.24, 2.45) is 0 Å². The van der Waals surface area contributed by atoms with Gasteiger partial charge in [0.25, 0.3) is 0 Å². The van der Waals surface area contributed by atoms with Crippen molar-refractivity contribution in [3.63, 3.8) is 0 Å². The highest BCUT2D eigenvalue weighted by molar-refractivity contribution is 6.29. The number of halogens is 1. The molecule has 1 aromatic heterocycles. The van der Waals surface area contributed by atoms with Crippen LogP contribution in [0.15, 0.2) is 18.2 Å². The van der Waals surface area contributed by atoms with E-state index >= 15 is 0 Å². The van der Waals surface area contributed by atoms with E-state index in [4.69, 9.17) is 11.6 Å². The summed E-state index contributed by atoms with van der Waals surface area (Å²) in [6.45, 7) is 3.14. The molecule has 1 unspecified atom stereocenters. The number of nitrogens with zero attached hydrogens (tertiary/aromatic N) is 2. The maximum absolute atomic E-state index is 5.84. The number of rotatable bonds is 3. The van der Waals surface area contributed by atoms with E-state index in [-0.39, 0.29) is 0 Å². The molecule has 2 rings (SSSR count). The highest BCUT2D eigenvalue weighted by Crippen LogP contribution is 2.13. The van der Waals surface area contributed by atoms with Gasteiger partial charge in [-0.2, -0.15) is 0 Å². The monoisotopic (exact) mass is 225 g/mol. The summed E-state index contributed by atoms with van der Waals surface area (Å²) in [5.74, 6) is 0. The zero-order valence-corrected chi connectivity index (χ0v) is 9.67. The Balaban J connectivity index is 1.92. The average Bonchev–Trinajstić information content (AvgIpc) is 2.65. The molecule has 0 amide bonds. The second-order valence-electron chi connectivity index (χ2n) is 3.96. The number of pyridine rings is 1. The molecule has 0 aliphatic carbocycles. The van der Waals surface area contributed by atoms with Gasteiger partial charge < -0.3 is 5.32 Å². The van der Waals surface area contributed by atoms with Gasteiger partial charge in [0.1, 0.15) is 5.15 Å². The standard InChI is InChI=1S/C11H16ClN3/c1-13-9-5-6-15(7-9)8-10-3-2-4-11(12)14-10/h2-4,9,13H,5-8H2,1H3. The van der Waals surface area contributed by atoms with Crippen LogP contribution < -0.4 is 5.32 Å². The highest BCUT2D eigenvalue weighted by Gasteiger charge is 2.20. The van der Waals surface area contributed by atoms with Crippen molar-refractivity contribution in [2.75, 3.05) is 20.1 Å². The fourth-order valence-electron chi connectivity index (χ4n) is 1.98. The first-order chi connectivity index (χ1) is 7.28. The summed E-state index contributed by atoms with van der Waals surface area (Å²) in [5.41, 5.74) is 1.05. The van der Waals surface area contributed by atoms with E-state index in [0.29, 0.717) is 11.2 Å². The average molecular weight is 226 g/mol. The molecule has 0 aromatic carbocycles. The molecule has 0 saturated carbocycles. The molecule has 0 spiro atoms. The third kappa shape index (κ3) is 2.91. The number of hydrogen-bond acceptors (Lipinski definition) is 3. The minimum atomic E-state index is 0.580. The van der Waals surface area contributed by atoms with E-state index in [2.05, 4.69) is 15.2 Å². The van der Waals surface area contributed by atoms with Gasteiger partial charge in [-0.1, -0.05) is 17.7 Å². The molecule has 1 saturated heterocycles. The van der Waals surface area contributed by atoms with E-state index in [1.54, 1.807) is 0 Å². The van der Waals surface area contributed by atoms with Gasteiger partial charge in [-0.3, -0.25) is 4.90 Å². The molecule has 1 aliphatic rings. The van der Waals surface area contributed by atoms with E-state index in [1.807, 2.05) is 25.2 Å². The number of likely N-dealkylation sites (N-methyl/N-ethyl adjacent to an activating group) is 1. The maximum Gasteiger partial charge on any atom is 0.129 e. The molecule has 82 valence electrons. The predicted molar refractivity (Wildman–Crippen MR) is 62.0 cm³/mol. The largest absolute Gasteiger partial charge is 0.316 e. The molecular formula is C11H16ClN3. The van der Waals surface area contributed by atoms with Gasteiger partial charge in [0.05, 0.1) is 5.69 Å². The summed E-state index contributed by atoms with van der Waals surface area (Å²) in [5, 5.41) is 3.88. The smallest absolute Gasteiger partial charge is 0.129 e.